The van der Waals surface area contributed by atoms with E-state index in [9.17, 15) is 24.3 Å². The van der Waals surface area contributed by atoms with Gasteiger partial charge in [0.2, 0.25) is 0 Å². The molecule has 328 valence electrons. The second kappa shape index (κ2) is 21.6. The van der Waals surface area contributed by atoms with Crippen molar-refractivity contribution < 1.29 is 33.8 Å². The second-order valence-corrected chi connectivity index (χ2v) is 18.0. The van der Waals surface area contributed by atoms with Crippen LogP contribution in [0, 0.1) is 19.8 Å². The molecule has 2 aromatic carbocycles. The lowest BCUT2D eigenvalue weighted by molar-refractivity contribution is -0.150. The highest BCUT2D eigenvalue weighted by atomic mass is 35.5. The molecule has 15 nitrogen and oxygen atoms in total. The van der Waals surface area contributed by atoms with Crippen molar-refractivity contribution in [2.24, 2.45) is 5.92 Å². The molecule has 0 spiro atoms. The van der Waals surface area contributed by atoms with E-state index in [0.717, 1.165) is 22.5 Å². The molecule has 61 heavy (non-hydrogen) atoms. The molecular formula is C44H57ClN8O7S. The lowest BCUT2D eigenvalue weighted by atomic mass is 9.99. The molecule has 2 aromatic heterocycles. The van der Waals surface area contributed by atoms with Crippen LogP contribution in [0.25, 0.3) is 0 Å². The topological polar surface area (TPSA) is 188 Å². The Balaban J connectivity index is 1.11. The van der Waals surface area contributed by atoms with Crippen molar-refractivity contribution in [3.05, 3.63) is 93.2 Å². The van der Waals surface area contributed by atoms with Gasteiger partial charge >= 0.3 is 12.1 Å². The van der Waals surface area contributed by atoms with E-state index in [1.807, 2.05) is 76.2 Å². The number of hydrogen-bond acceptors (Lipinski definition) is 14. The SMILES string of the molecule is Cc1nc(Nc2ncc(C(=O)Cc3c(C)cccc3Cl)s2)cc(N2CCN(CCOC(=O)[C@H](CC(C)C)NC(=O)[C@@H](O)[C@@H](Cc3ccccc3)NC(=O)OC(C)(C)C)CC2)n1. The zero-order chi connectivity index (χ0) is 44.3. The molecule has 0 saturated carbocycles. The molecule has 5 rings (SSSR count). The number of ketones is 1. The first-order valence-electron chi connectivity index (χ1n) is 20.5. The number of carbonyl (C=O) groups excluding carboxylic acids is 4. The average Bonchev–Trinajstić information content (AvgIpc) is 3.66. The summed E-state index contributed by atoms with van der Waals surface area (Å²) < 4.78 is 11.1. The van der Waals surface area contributed by atoms with Crippen LogP contribution in [0.5, 0.6) is 0 Å². The van der Waals surface area contributed by atoms with Gasteiger partial charge in [0.15, 0.2) is 17.0 Å². The molecule has 0 aliphatic carbocycles. The summed E-state index contributed by atoms with van der Waals surface area (Å²) in [6.45, 7) is 16.1. The number of thiazole rings is 1. The van der Waals surface area contributed by atoms with Crippen molar-refractivity contribution in [1.82, 2.24) is 30.5 Å². The van der Waals surface area contributed by atoms with Gasteiger partial charge in [-0.25, -0.2) is 24.5 Å². The summed E-state index contributed by atoms with van der Waals surface area (Å²) in [5, 5.41) is 20.8. The summed E-state index contributed by atoms with van der Waals surface area (Å²) >= 11 is 7.61. The number of nitrogens with one attached hydrogen (secondary N) is 3. The third-order valence-corrected chi connectivity index (χ3v) is 11.1. The fourth-order valence-electron chi connectivity index (χ4n) is 6.76. The maximum absolute atomic E-state index is 13.4. The minimum atomic E-state index is -1.68. The van der Waals surface area contributed by atoms with E-state index in [4.69, 9.17) is 21.1 Å². The van der Waals surface area contributed by atoms with Gasteiger partial charge in [-0.3, -0.25) is 14.5 Å². The summed E-state index contributed by atoms with van der Waals surface area (Å²) in [5.41, 5.74) is 1.78. The van der Waals surface area contributed by atoms with Crippen LogP contribution in [-0.2, 0) is 31.9 Å². The normalized spacial score (nSPS) is 14.8. The first-order valence-corrected chi connectivity index (χ1v) is 21.6. The van der Waals surface area contributed by atoms with E-state index in [1.165, 1.54) is 11.3 Å². The molecule has 2 amide bonds. The number of halogens is 1. The highest BCUT2D eigenvalue weighted by molar-refractivity contribution is 7.17. The number of aliphatic hydroxyl groups is 1. The quantitative estimate of drug-likeness (QED) is 0.0668. The monoisotopic (exact) mass is 876 g/mol. The third kappa shape index (κ3) is 14.5. The van der Waals surface area contributed by atoms with Gasteiger partial charge in [-0.05, 0) is 76.1 Å². The molecule has 3 atom stereocenters. The Morgan fingerprint density at radius 1 is 0.967 bits per heavy atom. The third-order valence-electron chi connectivity index (χ3n) is 9.84. The number of hydrogen-bond donors (Lipinski definition) is 4. The van der Waals surface area contributed by atoms with Crippen LogP contribution in [0.3, 0.4) is 0 Å². The highest BCUT2D eigenvalue weighted by Gasteiger charge is 2.33. The Morgan fingerprint density at radius 2 is 1.69 bits per heavy atom. The van der Waals surface area contributed by atoms with Crippen molar-refractivity contribution in [2.45, 2.75) is 91.5 Å². The number of aliphatic hydroxyl groups excluding tert-OH is 1. The van der Waals surface area contributed by atoms with Gasteiger partial charge in [-0.15, -0.1) is 0 Å². The smallest absolute Gasteiger partial charge is 0.407 e. The summed E-state index contributed by atoms with van der Waals surface area (Å²) in [6.07, 6.45) is -0.254. The van der Waals surface area contributed by atoms with Crippen LogP contribution < -0.4 is 20.9 Å². The number of anilines is 3. The number of amides is 2. The van der Waals surface area contributed by atoms with Gasteiger partial charge in [0, 0.05) is 50.2 Å². The summed E-state index contributed by atoms with van der Waals surface area (Å²) in [5.74, 6) is 0.459. The number of nitrogens with zero attached hydrogens (tertiary/aromatic N) is 5. The zero-order valence-electron chi connectivity index (χ0n) is 35.9. The fraction of sp³-hybridized carbons (Fsp3) is 0.477. The lowest BCUT2D eigenvalue weighted by Gasteiger charge is -2.35. The molecule has 0 bridgehead atoms. The maximum Gasteiger partial charge on any atom is 0.407 e. The van der Waals surface area contributed by atoms with Crippen molar-refractivity contribution in [3.63, 3.8) is 0 Å². The lowest BCUT2D eigenvalue weighted by Crippen LogP contribution is -2.55. The van der Waals surface area contributed by atoms with Gasteiger partial charge in [-0.2, -0.15) is 0 Å². The van der Waals surface area contributed by atoms with Crippen LogP contribution in [0.15, 0.2) is 60.8 Å². The Kier molecular flexibility index (Phi) is 16.6. The molecule has 1 aliphatic heterocycles. The molecule has 1 saturated heterocycles. The molecular weight excluding hydrogens is 820 g/mol. The Hall–Kier alpha value is -5.16. The fourth-order valence-corrected chi connectivity index (χ4v) is 7.81. The summed E-state index contributed by atoms with van der Waals surface area (Å²) in [4.78, 5) is 71.0. The number of aryl methyl sites for hydroxylation is 2. The van der Waals surface area contributed by atoms with Crippen LogP contribution in [0.1, 0.15) is 73.2 Å². The van der Waals surface area contributed by atoms with E-state index >= 15 is 0 Å². The Morgan fingerprint density at radius 3 is 2.36 bits per heavy atom. The second-order valence-electron chi connectivity index (χ2n) is 16.5. The first-order chi connectivity index (χ1) is 28.9. The molecule has 1 aliphatic rings. The van der Waals surface area contributed by atoms with Crippen molar-refractivity contribution in [3.8, 4) is 0 Å². The van der Waals surface area contributed by atoms with Crippen molar-refractivity contribution >= 4 is 63.5 Å². The van der Waals surface area contributed by atoms with E-state index in [-0.39, 0.29) is 31.1 Å². The molecule has 4 N–H and O–H groups in total. The Labute approximate surface area is 366 Å². The Bertz CT molecular complexity index is 2100. The minimum Gasteiger partial charge on any atom is -0.463 e. The van der Waals surface area contributed by atoms with Crippen LogP contribution in [0.4, 0.5) is 21.6 Å². The first kappa shape index (κ1) is 46.9. The van der Waals surface area contributed by atoms with Gasteiger partial charge in [-0.1, -0.05) is 79.2 Å². The average molecular weight is 878 g/mol. The van der Waals surface area contributed by atoms with Crippen molar-refractivity contribution in [2.75, 3.05) is 49.5 Å². The number of piperazine rings is 1. The highest BCUT2D eigenvalue weighted by Crippen LogP contribution is 2.27. The van der Waals surface area contributed by atoms with Crippen LogP contribution >= 0.6 is 22.9 Å². The number of aromatic nitrogens is 3. The van der Waals surface area contributed by atoms with Gasteiger partial charge in [0.05, 0.1) is 17.1 Å². The van der Waals surface area contributed by atoms with E-state index in [1.54, 1.807) is 33.0 Å². The molecule has 3 heterocycles. The minimum absolute atomic E-state index is 0.0295. The number of Topliss-reactive ketones (excluding diaryl/α,β-unsaturated/α-hetero) is 1. The van der Waals surface area contributed by atoms with Gasteiger partial charge in [0.25, 0.3) is 5.91 Å². The largest absolute Gasteiger partial charge is 0.463 e. The van der Waals surface area contributed by atoms with E-state index in [2.05, 4.69) is 40.7 Å². The van der Waals surface area contributed by atoms with Crippen LogP contribution in [0.2, 0.25) is 5.02 Å². The maximum atomic E-state index is 13.4. The predicted molar refractivity (Wildman–Crippen MR) is 237 cm³/mol. The van der Waals surface area contributed by atoms with E-state index in [0.29, 0.717) is 65.8 Å². The van der Waals surface area contributed by atoms with Gasteiger partial charge < -0.3 is 35.4 Å². The number of alkyl carbamates (subject to hydrolysis) is 1. The number of rotatable bonds is 18. The molecule has 0 unspecified atom stereocenters. The molecule has 17 heteroatoms. The standard InChI is InChI=1S/C44H57ClN8O7S/c1-27(2)22-34(49-40(56)39(55)33(23-30-13-9-8-10-14-30)50-43(58)60-44(5,6)7)41(57)59-21-20-52-16-18-53(19-17-52)38-25-37(47-29(4)48-38)51-42-46-26-36(61-42)35(54)24-31-28(3)12-11-15-32(31)45/h8-15,25-27,33-34,39,55H,16-24H2,1-7H3,(H,49,56)(H,50,58)(H,46,47,48,51)/t33-,34+,39+/m1/s1. The number of carbonyl (C=O) groups is 4. The van der Waals surface area contributed by atoms with Gasteiger partial charge in [0.1, 0.15) is 35.7 Å². The summed E-state index contributed by atoms with van der Waals surface area (Å²) in [6, 6.07) is 14.6. The van der Waals surface area contributed by atoms with E-state index < -0.39 is 41.8 Å². The predicted octanol–water partition coefficient (Wildman–Crippen LogP) is 6.07. The zero-order valence-corrected chi connectivity index (χ0v) is 37.4. The number of ether oxygens (including phenoxy) is 2. The molecule has 0 radical (unpaired) electrons. The molecule has 4 aromatic rings. The summed E-state index contributed by atoms with van der Waals surface area (Å²) in [7, 11) is 0. The number of benzene rings is 2. The van der Waals surface area contributed by atoms with Crippen molar-refractivity contribution in [1.29, 1.82) is 0 Å². The molecule has 1 fully saturated rings. The number of esters is 1. The van der Waals surface area contributed by atoms with Crippen LogP contribution in [-0.4, -0.2) is 112 Å².